The highest BCUT2D eigenvalue weighted by molar-refractivity contribution is 5.71. The summed E-state index contributed by atoms with van der Waals surface area (Å²) in [6.07, 6.45) is -2.10. The third-order valence-electron chi connectivity index (χ3n) is 4.39. The quantitative estimate of drug-likeness (QED) is 0.730. The minimum Gasteiger partial charge on any atom is -0.434 e. The molecular weight excluding hydrogens is 343 g/mol. The molecule has 3 N–H and O–H groups in total. The van der Waals surface area contributed by atoms with Crippen molar-refractivity contribution in [1.29, 1.82) is 0 Å². The highest BCUT2D eigenvalue weighted by atomic mass is 19.4. The number of aliphatic imine (C=N–C) groups is 1. The predicted molar refractivity (Wildman–Crippen MR) is 83.1 cm³/mol. The Morgan fingerprint density at radius 3 is 2.72 bits per heavy atom. The highest BCUT2D eigenvalue weighted by Crippen LogP contribution is 2.37. The second-order valence-corrected chi connectivity index (χ2v) is 6.12. The van der Waals surface area contributed by atoms with Gasteiger partial charge in [-0.05, 0) is 25.1 Å². The number of likely N-dealkylation sites (tertiary alicyclic amines) is 1. The molecule has 2 saturated heterocycles. The van der Waals surface area contributed by atoms with Crippen LogP contribution < -0.4 is 5.73 Å². The zero-order chi connectivity index (χ0) is 18.5. The molecule has 0 aromatic rings. The van der Waals surface area contributed by atoms with E-state index in [1.54, 1.807) is 12.3 Å². The number of allylic oxidation sites excluding steroid dienone is 1. The molecule has 0 aliphatic carbocycles. The molecule has 2 aliphatic rings. The summed E-state index contributed by atoms with van der Waals surface area (Å²) in [5.74, 6) is 0. The molecule has 2 aliphatic heterocycles. The van der Waals surface area contributed by atoms with Gasteiger partial charge in [-0.1, -0.05) is 0 Å². The lowest BCUT2D eigenvalue weighted by Gasteiger charge is -2.38. The number of hydrogen-bond donors (Lipinski definition) is 2. The number of nitrogens with two attached hydrogens (primary N) is 1. The molecule has 2 atom stereocenters. The molecule has 1 unspecified atom stereocenters. The van der Waals surface area contributed by atoms with Crippen LogP contribution in [0.1, 0.15) is 19.3 Å². The van der Waals surface area contributed by atoms with Crippen LogP contribution in [0.2, 0.25) is 0 Å². The zero-order valence-corrected chi connectivity index (χ0v) is 13.6. The van der Waals surface area contributed by atoms with Gasteiger partial charge in [0.1, 0.15) is 0 Å². The average molecular weight is 365 g/mol. The number of hydrogen-bond acceptors (Lipinski definition) is 6. The minimum atomic E-state index is -4.79. The lowest BCUT2D eigenvalue weighted by Crippen LogP contribution is -2.49. The van der Waals surface area contributed by atoms with Crippen molar-refractivity contribution in [2.75, 3.05) is 26.3 Å². The van der Waals surface area contributed by atoms with Gasteiger partial charge >= 0.3 is 12.3 Å². The van der Waals surface area contributed by atoms with Gasteiger partial charge in [0.2, 0.25) is 6.10 Å². The van der Waals surface area contributed by atoms with E-state index in [0.29, 0.717) is 25.9 Å². The van der Waals surface area contributed by atoms with E-state index in [4.69, 9.17) is 15.6 Å². The molecule has 0 aromatic heterocycles. The molecule has 0 radical (unpaired) electrons. The smallest absolute Gasteiger partial charge is 0.427 e. The molecule has 10 heteroatoms. The van der Waals surface area contributed by atoms with Gasteiger partial charge in [-0.2, -0.15) is 13.2 Å². The lowest BCUT2D eigenvalue weighted by molar-refractivity contribution is -0.215. The molecule has 2 heterocycles. The fourth-order valence-electron chi connectivity index (χ4n) is 2.99. The number of nitrogens with zero attached hydrogens (tertiary/aromatic N) is 2. The van der Waals surface area contributed by atoms with Crippen LogP contribution in [0.4, 0.5) is 18.0 Å². The molecule has 0 saturated carbocycles. The van der Waals surface area contributed by atoms with Crippen molar-refractivity contribution in [2.45, 2.75) is 43.2 Å². The summed E-state index contributed by atoms with van der Waals surface area (Å²) in [5, 5.41) is 8.73. The van der Waals surface area contributed by atoms with Crippen molar-refractivity contribution >= 4 is 12.3 Å². The first-order valence-corrected chi connectivity index (χ1v) is 7.97. The third-order valence-corrected chi connectivity index (χ3v) is 4.39. The third kappa shape index (κ3) is 5.08. The number of aliphatic hydroxyl groups is 1. The van der Waals surface area contributed by atoms with Gasteiger partial charge in [0, 0.05) is 25.7 Å². The fourth-order valence-corrected chi connectivity index (χ4v) is 2.99. The molecular formula is C15H22F3N3O4. The highest BCUT2D eigenvalue weighted by Gasteiger charge is 2.46. The summed E-state index contributed by atoms with van der Waals surface area (Å²) in [7, 11) is 0. The van der Waals surface area contributed by atoms with Crippen LogP contribution in [0.3, 0.4) is 0 Å². The van der Waals surface area contributed by atoms with E-state index in [0.717, 1.165) is 0 Å². The minimum absolute atomic E-state index is 0.00120. The molecule has 7 nitrogen and oxygen atoms in total. The fraction of sp³-hybridized carbons (Fsp3) is 0.733. The number of alkyl halides is 3. The maximum atomic E-state index is 12.6. The Hall–Kier alpha value is -1.81. The van der Waals surface area contributed by atoms with Gasteiger partial charge < -0.3 is 25.2 Å². The van der Waals surface area contributed by atoms with Gasteiger partial charge in [0.25, 0.3) is 0 Å². The maximum absolute atomic E-state index is 12.6. The Kier molecular flexibility index (Phi) is 6.28. The number of halogens is 3. The Morgan fingerprint density at radius 1 is 1.48 bits per heavy atom. The van der Waals surface area contributed by atoms with Crippen LogP contribution in [-0.2, 0) is 9.47 Å². The van der Waals surface area contributed by atoms with Crippen LogP contribution >= 0.6 is 0 Å². The first kappa shape index (κ1) is 19.5. The van der Waals surface area contributed by atoms with Gasteiger partial charge in [0.15, 0.2) is 0 Å². The summed E-state index contributed by atoms with van der Waals surface area (Å²) < 4.78 is 47.9. The second kappa shape index (κ2) is 8.05. The second-order valence-electron chi connectivity index (χ2n) is 6.12. The Balaban J connectivity index is 1.84. The summed E-state index contributed by atoms with van der Waals surface area (Å²) in [4.78, 5) is 17.4. The SMILES string of the molecule is NC=CC=NC1COC2(CCN(C(=O)O[C@H](CO)C(F)(F)F)CC2)C1. The molecule has 142 valence electrons. The van der Waals surface area contributed by atoms with Crippen molar-refractivity contribution in [1.82, 2.24) is 4.90 Å². The molecule has 2 fully saturated rings. The van der Waals surface area contributed by atoms with Gasteiger partial charge in [-0.15, -0.1) is 0 Å². The number of piperidine rings is 1. The van der Waals surface area contributed by atoms with Crippen LogP contribution in [0.5, 0.6) is 0 Å². The Labute approximate surface area is 143 Å². The number of ether oxygens (including phenoxy) is 2. The summed E-state index contributed by atoms with van der Waals surface area (Å²) >= 11 is 0. The summed E-state index contributed by atoms with van der Waals surface area (Å²) in [5.41, 5.74) is 4.81. The zero-order valence-electron chi connectivity index (χ0n) is 13.6. The van der Waals surface area contributed by atoms with E-state index >= 15 is 0 Å². The first-order valence-electron chi connectivity index (χ1n) is 7.97. The van der Waals surface area contributed by atoms with E-state index in [9.17, 15) is 18.0 Å². The largest absolute Gasteiger partial charge is 0.434 e. The molecule has 0 aromatic carbocycles. The average Bonchev–Trinajstić information content (AvgIpc) is 2.95. The predicted octanol–water partition coefficient (Wildman–Crippen LogP) is 1.21. The monoisotopic (exact) mass is 365 g/mol. The number of rotatable bonds is 4. The van der Waals surface area contributed by atoms with Crippen LogP contribution in [-0.4, -0.2) is 72.5 Å². The summed E-state index contributed by atoms with van der Waals surface area (Å²) in [6.45, 7) is -0.380. The topological polar surface area (TPSA) is 97.4 Å². The Bertz CT molecular complexity index is 517. The van der Waals surface area contributed by atoms with Crippen molar-refractivity contribution in [2.24, 2.45) is 10.7 Å². The first-order chi connectivity index (χ1) is 11.8. The van der Waals surface area contributed by atoms with Crippen molar-refractivity contribution in [3.8, 4) is 0 Å². The number of amides is 1. The van der Waals surface area contributed by atoms with E-state index in [2.05, 4.69) is 9.73 Å². The number of aliphatic hydroxyl groups excluding tert-OH is 1. The molecule has 0 bridgehead atoms. The van der Waals surface area contributed by atoms with E-state index in [1.807, 2.05) is 0 Å². The summed E-state index contributed by atoms with van der Waals surface area (Å²) in [6, 6.07) is -0.00120. The van der Waals surface area contributed by atoms with Crippen molar-refractivity contribution in [3.05, 3.63) is 12.3 Å². The number of carbonyl (C=O) groups excluding carboxylic acids is 1. The van der Waals surface area contributed by atoms with Crippen molar-refractivity contribution in [3.63, 3.8) is 0 Å². The van der Waals surface area contributed by atoms with E-state index < -0.39 is 30.6 Å². The molecule has 1 amide bonds. The molecule has 2 rings (SSSR count). The lowest BCUT2D eigenvalue weighted by atomic mass is 9.87. The van der Waals surface area contributed by atoms with Crippen LogP contribution in [0, 0.1) is 0 Å². The van der Waals surface area contributed by atoms with E-state index in [1.165, 1.54) is 11.1 Å². The standard InChI is InChI=1S/C15H22F3N3O4/c16-15(17,18)12(9-22)25-13(23)21-6-2-14(3-7-21)8-11(10-24-14)20-5-1-4-19/h1,4-5,11-12,22H,2-3,6-10,19H2/t11?,12-/m1/s1. The van der Waals surface area contributed by atoms with Crippen LogP contribution in [0.15, 0.2) is 17.3 Å². The van der Waals surface area contributed by atoms with Gasteiger partial charge in [-0.25, -0.2) is 4.79 Å². The molecule has 25 heavy (non-hydrogen) atoms. The molecule has 1 spiro atoms. The normalized spacial score (nSPS) is 25.1. The van der Waals surface area contributed by atoms with Gasteiger partial charge in [0.05, 0.1) is 24.9 Å². The maximum Gasteiger partial charge on any atom is 0.427 e. The van der Waals surface area contributed by atoms with E-state index in [-0.39, 0.29) is 19.1 Å². The Morgan fingerprint density at radius 2 is 2.16 bits per heavy atom. The van der Waals surface area contributed by atoms with Crippen LogP contribution in [0.25, 0.3) is 0 Å². The van der Waals surface area contributed by atoms with Crippen molar-refractivity contribution < 1.29 is 32.5 Å². The van der Waals surface area contributed by atoms with Gasteiger partial charge in [-0.3, -0.25) is 4.99 Å². The number of carbonyl (C=O) groups is 1.